The summed E-state index contributed by atoms with van der Waals surface area (Å²) >= 11 is 0. The van der Waals surface area contributed by atoms with Gasteiger partial charge in [-0.1, -0.05) is 6.92 Å². The van der Waals surface area contributed by atoms with E-state index in [1.165, 1.54) is 0 Å². The van der Waals surface area contributed by atoms with Gasteiger partial charge in [-0.2, -0.15) is 0 Å². The van der Waals surface area contributed by atoms with Crippen molar-refractivity contribution in [1.82, 2.24) is 4.98 Å². The highest BCUT2D eigenvalue weighted by Crippen LogP contribution is 2.29. The Labute approximate surface area is 96.1 Å². The van der Waals surface area contributed by atoms with Gasteiger partial charge in [0, 0.05) is 25.0 Å². The van der Waals surface area contributed by atoms with Crippen LogP contribution in [0.15, 0.2) is 18.3 Å². The van der Waals surface area contributed by atoms with Crippen molar-refractivity contribution in [3.05, 3.63) is 24.0 Å². The van der Waals surface area contributed by atoms with Crippen LogP contribution in [0.1, 0.15) is 19.0 Å². The summed E-state index contributed by atoms with van der Waals surface area (Å²) in [6.45, 7) is 3.86. The van der Waals surface area contributed by atoms with Crippen molar-refractivity contribution >= 4 is 5.69 Å². The lowest BCUT2D eigenvalue weighted by Crippen LogP contribution is -2.35. The van der Waals surface area contributed by atoms with Crippen molar-refractivity contribution in [1.29, 1.82) is 0 Å². The van der Waals surface area contributed by atoms with E-state index in [-0.39, 0.29) is 12.6 Å². The molecule has 0 saturated carbocycles. The largest absolute Gasteiger partial charge is 0.394 e. The van der Waals surface area contributed by atoms with Crippen molar-refractivity contribution < 1.29 is 5.11 Å². The molecular weight excluding hydrogens is 202 g/mol. The highest BCUT2D eigenvalue weighted by molar-refractivity contribution is 5.49. The molecule has 2 unspecified atom stereocenters. The normalized spacial score (nSPS) is 25.1. The first kappa shape index (κ1) is 11.4. The molecule has 1 aliphatic rings. The Morgan fingerprint density at radius 2 is 2.44 bits per heavy atom. The second kappa shape index (κ2) is 4.80. The zero-order chi connectivity index (χ0) is 11.5. The maximum Gasteiger partial charge on any atom is 0.0637 e. The molecule has 1 aliphatic heterocycles. The molecule has 4 nitrogen and oxygen atoms in total. The number of nitrogens with zero attached hydrogens (tertiary/aromatic N) is 2. The van der Waals surface area contributed by atoms with E-state index < -0.39 is 0 Å². The van der Waals surface area contributed by atoms with E-state index in [2.05, 4.69) is 16.8 Å². The first-order chi connectivity index (χ1) is 7.76. The van der Waals surface area contributed by atoms with Gasteiger partial charge in [0.25, 0.3) is 0 Å². The SMILES string of the molecule is CC1CCN(c2ccnc(CN)c2)C1CO. The minimum atomic E-state index is 0.210. The van der Waals surface area contributed by atoms with Crippen LogP contribution in [0.25, 0.3) is 0 Å². The van der Waals surface area contributed by atoms with Gasteiger partial charge in [-0.25, -0.2) is 0 Å². The Balaban J connectivity index is 2.22. The van der Waals surface area contributed by atoms with Crippen molar-refractivity contribution in [2.24, 2.45) is 11.7 Å². The number of aliphatic hydroxyl groups excluding tert-OH is 1. The van der Waals surface area contributed by atoms with Crippen LogP contribution in [0, 0.1) is 5.92 Å². The van der Waals surface area contributed by atoms with Crippen molar-refractivity contribution in [2.45, 2.75) is 25.9 Å². The summed E-state index contributed by atoms with van der Waals surface area (Å²) in [6.07, 6.45) is 2.92. The number of pyridine rings is 1. The van der Waals surface area contributed by atoms with Gasteiger partial charge in [0.15, 0.2) is 0 Å². The summed E-state index contributed by atoms with van der Waals surface area (Å²) in [5.41, 5.74) is 7.60. The highest BCUT2D eigenvalue weighted by Gasteiger charge is 2.30. The second-order valence-electron chi connectivity index (χ2n) is 4.42. The van der Waals surface area contributed by atoms with E-state index in [1.54, 1.807) is 6.20 Å². The van der Waals surface area contributed by atoms with E-state index in [0.717, 1.165) is 24.3 Å². The number of rotatable bonds is 3. The van der Waals surface area contributed by atoms with Gasteiger partial charge < -0.3 is 15.7 Å². The van der Waals surface area contributed by atoms with Gasteiger partial charge in [0.2, 0.25) is 0 Å². The minimum Gasteiger partial charge on any atom is -0.394 e. The number of hydrogen-bond donors (Lipinski definition) is 2. The lowest BCUT2D eigenvalue weighted by molar-refractivity contribution is 0.244. The fourth-order valence-electron chi connectivity index (χ4n) is 2.36. The molecule has 0 spiro atoms. The van der Waals surface area contributed by atoms with Crippen LogP contribution in [0.2, 0.25) is 0 Å². The third-order valence-electron chi connectivity index (χ3n) is 3.41. The highest BCUT2D eigenvalue weighted by atomic mass is 16.3. The van der Waals surface area contributed by atoms with Crippen LogP contribution in [0.5, 0.6) is 0 Å². The zero-order valence-electron chi connectivity index (χ0n) is 9.63. The van der Waals surface area contributed by atoms with Gasteiger partial charge in [-0.3, -0.25) is 4.98 Å². The average molecular weight is 221 g/mol. The van der Waals surface area contributed by atoms with Crippen molar-refractivity contribution in [3.8, 4) is 0 Å². The Hall–Kier alpha value is -1.13. The van der Waals surface area contributed by atoms with E-state index >= 15 is 0 Å². The summed E-state index contributed by atoms with van der Waals surface area (Å²) in [5, 5.41) is 9.41. The predicted molar refractivity (Wildman–Crippen MR) is 64.1 cm³/mol. The van der Waals surface area contributed by atoms with Crippen molar-refractivity contribution in [3.63, 3.8) is 0 Å². The lowest BCUT2D eigenvalue weighted by Gasteiger charge is -2.27. The number of nitrogens with two attached hydrogens (primary N) is 1. The van der Waals surface area contributed by atoms with Crippen molar-refractivity contribution in [2.75, 3.05) is 18.1 Å². The molecule has 1 aromatic rings. The molecule has 88 valence electrons. The maximum absolute atomic E-state index is 9.41. The maximum atomic E-state index is 9.41. The smallest absolute Gasteiger partial charge is 0.0637 e. The monoisotopic (exact) mass is 221 g/mol. The molecule has 0 aliphatic carbocycles. The van der Waals surface area contributed by atoms with E-state index in [9.17, 15) is 5.11 Å². The molecule has 1 saturated heterocycles. The molecule has 0 bridgehead atoms. The molecule has 1 aromatic heterocycles. The standard InChI is InChI=1S/C12H19N3O/c1-9-3-5-15(12(9)8-16)11-2-4-14-10(6-11)7-13/h2,4,6,9,12,16H,3,5,7-8,13H2,1H3. The number of aliphatic hydroxyl groups is 1. The van der Waals surface area contributed by atoms with Crippen LogP contribution in [-0.2, 0) is 6.54 Å². The Bertz CT molecular complexity index is 356. The van der Waals surface area contributed by atoms with E-state index in [1.807, 2.05) is 12.1 Å². The molecule has 16 heavy (non-hydrogen) atoms. The number of hydrogen-bond acceptors (Lipinski definition) is 4. The first-order valence-electron chi connectivity index (χ1n) is 5.78. The molecule has 1 fully saturated rings. The molecule has 0 radical (unpaired) electrons. The van der Waals surface area contributed by atoms with Gasteiger partial charge in [0.1, 0.15) is 0 Å². The van der Waals surface area contributed by atoms with Gasteiger partial charge >= 0.3 is 0 Å². The molecule has 2 atom stereocenters. The Morgan fingerprint density at radius 1 is 1.62 bits per heavy atom. The van der Waals surface area contributed by atoms with E-state index in [4.69, 9.17) is 5.73 Å². The van der Waals surface area contributed by atoms with E-state index in [0.29, 0.717) is 12.5 Å². The van der Waals surface area contributed by atoms with Crippen LogP contribution >= 0.6 is 0 Å². The van der Waals surface area contributed by atoms with Gasteiger partial charge in [-0.05, 0) is 24.5 Å². The van der Waals surface area contributed by atoms with Crippen LogP contribution in [0.3, 0.4) is 0 Å². The summed E-state index contributed by atoms with van der Waals surface area (Å²) in [4.78, 5) is 6.44. The van der Waals surface area contributed by atoms with Crippen LogP contribution in [-0.4, -0.2) is 29.3 Å². The minimum absolute atomic E-state index is 0.210. The quantitative estimate of drug-likeness (QED) is 0.790. The van der Waals surface area contributed by atoms with Gasteiger partial charge in [-0.15, -0.1) is 0 Å². The number of anilines is 1. The van der Waals surface area contributed by atoms with Gasteiger partial charge in [0.05, 0.1) is 18.3 Å². The molecule has 2 rings (SSSR count). The Kier molecular flexibility index (Phi) is 3.41. The molecule has 4 heteroatoms. The first-order valence-corrected chi connectivity index (χ1v) is 5.78. The van der Waals surface area contributed by atoms with Crippen LogP contribution < -0.4 is 10.6 Å². The fraction of sp³-hybridized carbons (Fsp3) is 0.583. The average Bonchev–Trinajstić information content (AvgIpc) is 2.70. The third-order valence-corrected chi connectivity index (χ3v) is 3.41. The second-order valence-corrected chi connectivity index (χ2v) is 4.42. The summed E-state index contributed by atoms with van der Waals surface area (Å²) in [5.74, 6) is 0.541. The summed E-state index contributed by atoms with van der Waals surface area (Å²) < 4.78 is 0. The van der Waals surface area contributed by atoms with Crippen LogP contribution in [0.4, 0.5) is 5.69 Å². The topological polar surface area (TPSA) is 62.4 Å². The molecule has 3 N–H and O–H groups in total. The fourth-order valence-corrected chi connectivity index (χ4v) is 2.36. The third kappa shape index (κ3) is 2.03. The zero-order valence-corrected chi connectivity index (χ0v) is 9.63. The molecule has 2 heterocycles. The summed E-state index contributed by atoms with van der Waals surface area (Å²) in [7, 11) is 0. The molecule has 0 amide bonds. The Morgan fingerprint density at radius 3 is 3.12 bits per heavy atom. The lowest BCUT2D eigenvalue weighted by atomic mass is 10.0. The molecule has 0 aromatic carbocycles. The molecular formula is C12H19N3O. The summed E-state index contributed by atoms with van der Waals surface area (Å²) in [6, 6.07) is 4.23. The predicted octanol–water partition coefficient (Wildman–Crippen LogP) is 0.747. The number of aromatic nitrogens is 1.